The molecule has 10 nitrogen and oxygen atoms in total. The fraction of sp³-hybridized carbons (Fsp3) is 0.0909. The lowest BCUT2D eigenvalue weighted by Crippen LogP contribution is -2.14. The molecule has 0 fully saturated rings. The number of amides is 1. The van der Waals surface area contributed by atoms with Gasteiger partial charge in [-0.15, -0.1) is 10.2 Å². The second-order valence-corrected chi connectivity index (χ2v) is 9.24. The van der Waals surface area contributed by atoms with Crippen LogP contribution in [-0.2, 0) is 9.84 Å². The third-order valence-electron chi connectivity index (χ3n) is 4.83. The van der Waals surface area contributed by atoms with Crippen LogP contribution < -0.4 is 10.1 Å². The summed E-state index contributed by atoms with van der Waals surface area (Å²) in [6.07, 6.45) is 0. The van der Waals surface area contributed by atoms with Crippen LogP contribution >= 0.6 is 0 Å². The number of phenolic OH excluding ortho intramolecular Hbond substituents is 1. The van der Waals surface area contributed by atoms with Crippen molar-refractivity contribution in [2.45, 2.75) is 23.6 Å². The number of benzene rings is 3. The highest BCUT2D eigenvalue weighted by molar-refractivity contribution is 7.91. The van der Waals surface area contributed by atoms with E-state index in [-0.39, 0.29) is 21.4 Å². The van der Waals surface area contributed by atoms with Crippen molar-refractivity contribution in [3.8, 4) is 17.2 Å². The minimum atomic E-state index is -4.13. The molecule has 0 bridgehead atoms. The number of sulfone groups is 1. The smallest absolute Gasteiger partial charge is 0.297 e. The minimum Gasteiger partial charge on any atom is -0.507 e. The van der Waals surface area contributed by atoms with Crippen LogP contribution in [0, 0.1) is 19.7 Å². The van der Waals surface area contributed by atoms with E-state index in [1.165, 1.54) is 18.2 Å². The Balaban J connectivity index is 1.62. The number of hydrogen-bond donors (Lipinski definition) is 3. The molecule has 0 aliphatic heterocycles. The number of H-pyrrole nitrogens is 1. The number of nitrogens with zero attached hydrogens (tertiary/aromatic N) is 3. The zero-order chi connectivity index (χ0) is 24.5. The third-order valence-corrected chi connectivity index (χ3v) is 6.63. The lowest BCUT2D eigenvalue weighted by Gasteiger charge is -2.15. The second-order valence-electron chi connectivity index (χ2n) is 7.32. The first-order valence-corrected chi connectivity index (χ1v) is 11.3. The molecule has 4 rings (SSSR count). The van der Waals surface area contributed by atoms with Gasteiger partial charge in [-0.25, -0.2) is 12.8 Å². The van der Waals surface area contributed by atoms with E-state index < -0.39 is 27.3 Å². The van der Waals surface area contributed by atoms with Gasteiger partial charge in [0.05, 0.1) is 4.90 Å². The van der Waals surface area contributed by atoms with E-state index in [4.69, 9.17) is 4.74 Å². The van der Waals surface area contributed by atoms with Crippen molar-refractivity contribution in [2.24, 2.45) is 0 Å². The summed E-state index contributed by atoms with van der Waals surface area (Å²) in [5.41, 5.74) is 1.78. The van der Waals surface area contributed by atoms with Crippen LogP contribution in [-0.4, -0.2) is 40.1 Å². The largest absolute Gasteiger partial charge is 0.507 e. The lowest BCUT2D eigenvalue weighted by atomic mass is 10.1. The Kier molecular flexibility index (Phi) is 5.99. The van der Waals surface area contributed by atoms with Gasteiger partial charge in [0.2, 0.25) is 9.84 Å². The van der Waals surface area contributed by atoms with Crippen LogP contribution in [0.4, 0.5) is 10.1 Å². The number of carbonyl (C=O) groups excluding carboxylic acids is 1. The van der Waals surface area contributed by atoms with E-state index in [0.29, 0.717) is 22.6 Å². The van der Waals surface area contributed by atoms with Gasteiger partial charge >= 0.3 is 0 Å². The molecule has 0 spiro atoms. The Morgan fingerprint density at radius 1 is 1.06 bits per heavy atom. The Bertz CT molecular complexity index is 1450. The molecule has 4 aromatic rings. The Morgan fingerprint density at radius 3 is 2.35 bits per heavy atom. The number of tetrazole rings is 1. The first kappa shape index (κ1) is 22.9. The van der Waals surface area contributed by atoms with Gasteiger partial charge < -0.3 is 15.2 Å². The molecule has 34 heavy (non-hydrogen) atoms. The number of aromatic nitrogens is 4. The SMILES string of the molecule is Cc1cc(NC(=O)c2nn[nH]n2)cc(C)c1Oc1ccc(O)c(S(=O)(=O)c2ccc(F)cc2)c1. The molecule has 174 valence electrons. The van der Waals surface area contributed by atoms with Crippen molar-refractivity contribution in [1.29, 1.82) is 0 Å². The molecule has 0 aliphatic carbocycles. The van der Waals surface area contributed by atoms with Crippen LogP contribution in [0.5, 0.6) is 17.2 Å². The van der Waals surface area contributed by atoms with Crippen molar-refractivity contribution in [3.05, 3.63) is 77.4 Å². The molecule has 3 aromatic carbocycles. The van der Waals surface area contributed by atoms with E-state index in [2.05, 4.69) is 25.9 Å². The predicted octanol–water partition coefficient (Wildman–Crippen LogP) is 3.54. The van der Waals surface area contributed by atoms with Gasteiger partial charge in [-0.05, 0) is 78.7 Å². The highest BCUT2D eigenvalue weighted by atomic mass is 32.2. The van der Waals surface area contributed by atoms with Crippen molar-refractivity contribution in [1.82, 2.24) is 20.6 Å². The van der Waals surface area contributed by atoms with E-state index in [9.17, 15) is 22.7 Å². The predicted molar refractivity (Wildman–Crippen MR) is 118 cm³/mol. The molecule has 1 amide bonds. The van der Waals surface area contributed by atoms with E-state index in [1.54, 1.807) is 26.0 Å². The fourth-order valence-electron chi connectivity index (χ4n) is 3.26. The molecule has 0 saturated heterocycles. The highest BCUT2D eigenvalue weighted by Crippen LogP contribution is 2.36. The zero-order valence-corrected chi connectivity index (χ0v) is 18.7. The minimum absolute atomic E-state index is 0.116. The number of aromatic amines is 1. The van der Waals surface area contributed by atoms with Crippen molar-refractivity contribution in [3.63, 3.8) is 0 Å². The van der Waals surface area contributed by atoms with Crippen LogP contribution in [0.15, 0.2) is 64.4 Å². The molecule has 0 radical (unpaired) electrons. The second kappa shape index (κ2) is 8.90. The Morgan fingerprint density at radius 2 is 1.74 bits per heavy atom. The first-order chi connectivity index (χ1) is 16.1. The van der Waals surface area contributed by atoms with E-state index >= 15 is 0 Å². The van der Waals surface area contributed by atoms with Crippen molar-refractivity contribution < 1.29 is 27.4 Å². The van der Waals surface area contributed by atoms with Gasteiger partial charge in [-0.1, -0.05) is 0 Å². The fourth-order valence-corrected chi connectivity index (χ4v) is 4.62. The van der Waals surface area contributed by atoms with Crippen LogP contribution in [0.25, 0.3) is 0 Å². The first-order valence-electron chi connectivity index (χ1n) is 9.83. The van der Waals surface area contributed by atoms with Gasteiger partial charge in [0.1, 0.15) is 28.0 Å². The maximum Gasteiger partial charge on any atom is 0.297 e. The maximum atomic E-state index is 13.2. The van der Waals surface area contributed by atoms with Gasteiger partial charge in [0.25, 0.3) is 11.7 Å². The number of ether oxygens (including phenoxy) is 1. The van der Waals surface area contributed by atoms with Gasteiger partial charge in [-0.3, -0.25) is 4.79 Å². The number of aromatic hydroxyl groups is 1. The Hall–Kier alpha value is -4.32. The van der Waals surface area contributed by atoms with Crippen molar-refractivity contribution in [2.75, 3.05) is 5.32 Å². The van der Waals surface area contributed by atoms with Crippen LogP contribution in [0.3, 0.4) is 0 Å². The van der Waals surface area contributed by atoms with Gasteiger partial charge in [0, 0.05) is 11.8 Å². The molecule has 0 unspecified atom stereocenters. The summed E-state index contributed by atoms with van der Waals surface area (Å²) < 4.78 is 45.0. The van der Waals surface area contributed by atoms with E-state index in [0.717, 1.165) is 24.3 Å². The molecule has 1 aromatic heterocycles. The molecular formula is C22H18FN5O5S. The number of hydrogen-bond acceptors (Lipinski definition) is 8. The number of nitrogens with one attached hydrogen (secondary N) is 2. The van der Waals surface area contributed by atoms with E-state index in [1.807, 2.05) is 0 Å². The average molecular weight is 483 g/mol. The number of aryl methyl sites for hydroxylation is 2. The standard InChI is InChI=1S/C22H18FN5O5S/c1-12-9-15(24-22(30)21-25-27-28-26-21)10-13(2)20(12)33-16-5-8-18(29)19(11-16)34(31,32)17-6-3-14(23)4-7-17/h3-11,29H,1-2H3,(H,24,30)(H,25,26,27,28). The quantitative estimate of drug-likeness (QED) is 0.353. The number of anilines is 1. The Labute approximate surface area is 193 Å². The number of carbonyl (C=O) groups is 1. The molecule has 1 heterocycles. The summed E-state index contributed by atoms with van der Waals surface area (Å²) in [6, 6.07) is 11.4. The normalized spacial score (nSPS) is 11.3. The summed E-state index contributed by atoms with van der Waals surface area (Å²) in [6.45, 7) is 3.51. The average Bonchev–Trinajstić information content (AvgIpc) is 3.33. The number of halogens is 1. The lowest BCUT2D eigenvalue weighted by molar-refractivity contribution is 0.101. The molecule has 0 atom stereocenters. The summed E-state index contributed by atoms with van der Waals surface area (Å²) in [7, 11) is -4.13. The molecule has 0 aliphatic rings. The van der Waals surface area contributed by atoms with Gasteiger partial charge in [0.15, 0.2) is 0 Å². The van der Waals surface area contributed by atoms with Crippen molar-refractivity contribution >= 4 is 21.4 Å². The monoisotopic (exact) mass is 483 g/mol. The van der Waals surface area contributed by atoms with Gasteiger partial charge in [-0.2, -0.15) is 5.21 Å². The van der Waals surface area contributed by atoms with Crippen LogP contribution in [0.2, 0.25) is 0 Å². The molecule has 12 heteroatoms. The zero-order valence-electron chi connectivity index (χ0n) is 17.9. The van der Waals surface area contributed by atoms with Crippen LogP contribution in [0.1, 0.15) is 21.7 Å². The number of rotatable bonds is 6. The summed E-state index contributed by atoms with van der Waals surface area (Å²) in [5.74, 6) is -1.11. The summed E-state index contributed by atoms with van der Waals surface area (Å²) >= 11 is 0. The maximum absolute atomic E-state index is 13.2. The summed E-state index contributed by atoms with van der Waals surface area (Å²) in [4.78, 5) is 11.6. The highest BCUT2D eigenvalue weighted by Gasteiger charge is 2.23. The number of phenols is 1. The molecule has 0 saturated carbocycles. The third kappa shape index (κ3) is 4.57. The molecule has 3 N–H and O–H groups in total. The topological polar surface area (TPSA) is 147 Å². The summed E-state index contributed by atoms with van der Waals surface area (Å²) in [5, 5.41) is 25.6. The molecular weight excluding hydrogens is 465 g/mol.